The molecule has 12 heteroatoms. The molecule has 1 saturated heterocycles. The largest absolute Gasteiger partial charge is 0.487 e. The number of nitrogens with one attached hydrogen (secondary N) is 3. The zero-order valence-electron chi connectivity index (χ0n) is 23.3. The van der Waals surface area contributed by atoms with Gasteiger partial charge < -0.3 is 35.7 Å². The number of hydrogen-bond acceptors (Lipinski definition) is 9. The van der Waals surface area contributed by atoms with E-state index in [1.165, 1.54) is 6.33 Å². The smallest absolute Gasteiger partial charge is 0.408 e. The van der Waals surface area contributed by atoms with E-state index in [-0.39, 0.29) is 12.8 Å². The Balaban J connectivity index is 1.38. The van der Waals surface area contributed by atoms with Crippen molar-refractivity contribution in [2.75, 3.05) is 29.0 Å². The number of nitrogens with zero attached hydrogens (tertiary/aromatic N) is 4. The van der Waals surface area contributed by atoms with Crippen LogP contribution in [0.15, 0.2) is 61.2 Å². The molecule has 1 aliphatic rings. The number of rotatable bonds is 7. The fourth-order valence-electron chi connectivity index (χ4n) is 4.76. The first kappa shape index (κ1) is 27.7. The van der Waals surface area contributed by atoms with E-state index < -0.39 is 23.1 Å². The highest BCUT2D eigenvalue weighted by Gasteiger charge is 2.44. The molecule has 2 amide bonds. The lowest BCUT2D eigenvalue weighted by molar-refractivity contribution is -0.123. The number of piperidine rings is 1. The number of aromatic nitrogens is 4. The summed E-state index contributed by atoms with van der Waals surface area (Å²) in [5, 5.41) is 5.83. The van der Waals surface area contributed by atoms with Crippen LogP contribution in [-0.2, 0) is 16.1 Å². The Labute approximate surface area is 237 Å². The van der Waals surface area contributed by atoms with Crippen molar-refractivity contribution in [3.63, 3.8) is 0 Å². The van der Waals surface area contributed by atoms with E-state index >= 15 is 0 Å². The SMILES string of the molecule is CC(C)(C)OC(=O)NC1(C(=O)Nc2c(N)cccc2OCc2ccccc2)CCN(c2ncnc3[nH]cnc23)CC1. The molecule has 5 N–H and O–H groups in total. The van der Waals surface area contributed by atoms with E-state index in [1.54, 1.807) is 45.3 Å². The lowest BCUT2D eigenvalue weighted by Gasteiger charge is -2.41. The third kappa shape index (κ3) is 6.32. The first-order valence-electron chi connectivity index (χ1n) is 13.4. The van der Waals surface area contributed by atoms with Gasteiger partial charge in [-0.2, -0.15) is 0 Å². The van der Waals surface area contributed by atoms with Gasteiger partial charge in [-0.25, -0.2) is 19.7 Å². The fraction of sp³-hybridized carbons (Fsp3) is 0.345. The van der Waals surface area contributed by atoms with Crippen LogP contribution in [-0.4, -0.2) is 56.2 Å². The van der Waals surface area contributed by atoms with Crippen LogP contribution in [0, 0.1) is 0 Å². The first-order valence-corrected chi connectivity index (χ1v) is 13.4. The Kier molecular flexibility index (Phi) is 7.64. The molecule has 5 rings (SSSR count). The summed E-state index contributed by atoms with van der Waals surface area (Å²) >= 11 is 0. The van der Waals surface area contributed by atoms with Crippen molar-refractivity contribution < 1.29 is 19.1 Å². The summed E-state index contributed by atoms with van der Waals surface area (Å²) in [7, 11) is 0. The molecule has 1 aliphatic heterocycles. The molecule has 0 saturated carbocycles. The molecule has 0 aliphatic carbocycles. The van der Waals surface area contributed by atoms with Crippen molar-refractivity contribution in [1.29, 1.82) is 0 Å². The van der Waals surface area contributed by atoms with Crippen LogP contribution >= 0.6 is 0 Å². The van der Waals surface area contributed by atoms with Gasteiger partial charge in [0.15, 0.2) is 11.5 Å². The topological polar surface area (TPSA) is 160 Å². The van der Waals surface area contributed by atoms with Gasteiger partial charge in [-0.05, 0) is 51.3 Å². The number of anilines is 3. The minimum absolute atomic E-state index is 0.279. The second-order valence-corrected chi connectivity index (χ2v) is 10.9. The van der Waals surface area contributed by atoms with Gasteiger partial charge in [0.2, 0.25) is 0 Å². The molecular weight excluding hydrogens is 524 g/mol. The number of benzene rings is 2. The third-order valence-electron chi connectivity index (χ3n) is 6.82. The maximum absolute atomic E-state index is 14.0. The van der Waals surface area contributed by atoms with Crippen LogP contribution in [0.25, 0.3) is 11.2 Å². The number of aromatic amines is 1. The van der Waals surface area contributed by atoms with Crippen LogP contribution in [0.2, 0.25) is 0 Å². The fourth-order valence-corrected chi connectivity index (χ4v) is 4.76. The summed E-state index contributed by atoms with van der Waals surface area (Å²) in [5.41, 5.74) is 7.20. The number of H-pyrrole nitrogens is 1. The van der Waals surface area contributed by atoms with Gasteiger partial charge in [0.05, 0.1) is 12.0 Å². The van der Waals surface area contributed by atoms with E-state index in [0.29, 0.717) is 53.8 Å². The molecule has 0 radical (unpaired) electrons. The number of para-hydroxylation sites is 1. The molecule has 12 nitrogen and oxygen atoms in total. The molecule has 1 fully saturated rings. The van der Waals surface area contributed by atoms with Crippen molar-refractivity contribution in [3.05, 3.63) is 66.7 Å². The standard InChI is InChI=1S/C29H34N8O4/c1-28(2,3)41-27(39)36-29(12-14-37(15-13-29)25-23-24(32-17-31-23)33-18-34-25)26(38)35-22-20(30)10-7-11-21(22)40-16-19-8-5-4-6-9-19/h4-11,17-18H,12-16,30H2,1-3H3,(H,35,38)(H,36,39)(H,31,32,33,34). The number of amides is 2. The molecular formula is C29H34N8O4. The summed E-state index contributed by atoms with van der Waals surface area (Å²) in [6.45, 7) is 6.45. The molecule has 0 bridgehead atoms. The Bertz CT molecular complexity index is 1520. The molecule has 4 aromatic rings. The van der Waals surface area contributed by atoms with Gasteiger partial charge >= 0.3 is 6.09 Å². The molecule has 3 heterocycles. The van der Waals surface area contributed by atoms with E-state index in [2.05, 4.69) is 30.6 Å². The Morgan fingerprint density at radius 1 is 1.05 bits per heavy atom. The number of hydrogen-bond donors (Lipinski definition) is 4. The predicted octanol–water partition coefficient (Wildman–Crippen LogP) is 4.02. The van der Waals surface area contributed by atoms with Crippen molar-refractivity contribution in [1.82, 2.24) is 25.3 Å². The van der Waals surface area contributed by atoms with Gasteiger partial charge in [-0.15, -0.1) is 0 Å². The summed E-state index contributed by atoms with van der Waals surface area (Å²) in [6, 6.07) is 14.9. The highest BCUT2D eigenvalue weighted by atomic mass is 16.6. The lowest BCUT2D eigenvalue weighted by Crippen LogP contribution is -2.62. The highest BCUT2D eigenvalue weighted by Crippen LogP contribution is 2.34. The minimum atomic E-state index is -1.28. The summed E-state index contributed by atoms with van der Waals surface area (Å²) < 4.78 is 11.6. The number of fused-ring (bicyclic) bond motifs is 1. The van der Waals surface area contributed by atoms with Crippen LogP contribution in [0.1, 0.15) is 39.2 Å². The number of nitrogen functional groups attached to an aromatic ring is 1. The van der Waals surface area contributed by atoms with Crippen LogP contribution in [0.5, 0.6) is 5.75 Å². The first-order chi connectivity index (χ1) is 19.6. The van der Waals surface area contributed by atoms with Crippen molar-refractivity contribution in [2.45, 2.75) is 51.4 Å². The van der Waals surface area contributed by atoms with Crippen molar-refractivity contribution in [3.8, 4) is 5.75 Å². The molecule has 41 heavy (non-hydrogen) atoms. The summed E-state index contributed by atoms with van der Waals surface area (Å²) in [6.07, 6.45) is 2.91. The minimum Gasteiger partial charge on any atom is -0.487 e. The number of carbonyl (C=O) groups is 2. The highest BCUT2D eigenvalue weighted by molar-refractivity contribution is 6.03. The average molecular weight is 559 g/mol. The van der Waals surface area contributed by atoms with Crippen LogP contribution in [0.4, 0.5) is 22.0 Å². The second-order valence-electron chi connectivity index (χ2n) is 10.9. The molecule has 2 aromatic heterocycles. The van der Waals surface area contributed by atoms with Crippen molar-refractivity contribution >= 4 is 40.4 Å². The molecule has 0 unspecified atom stereocenters. The number of ether oxygens (including phenoxy) is 2. The Morgan fingerprint density at radius 2 is 1.80 bits per heavy atom. The van der Waals surface area contributed by atoms with Crippen LogP contribution in [0.3, 0.4) is 0 Å². The van der Waals surface area contributed by atoms with Crippen molar-refractivity contribution in [2.24, 2.45) is 0 Å². The molecule has 214 valence electrons. The Morgan fingerprint density at radius 3 is 2.54 bits per heavy atom. The zero-order valence-corrected chi connectivity index (χ0v) is 23.3. The summed E-state index contributed by atoms with van der Waals surface area (Å²) in [4.78, 5) is 45.0. The number of nitrogens with two attached hydrogens (primary N) is 1. The maximum atomic E-state index is 14.0. The van der Waals surface area contributed by atoms with Gasteiger partial charge in [-0.3, -0.25) is 4.79 Å². The van der Waals surface area contributed by atoms with E-state index in [9.17, 15) is 9.59 Å². The molecule has 0 spiro atoms. The molecule has 2 aromatic carbocycles. The van der Waals surface area contributed by atoms with Gasteiger partial charge in [0.25, 0.3) is 5.91 Å². The zero-order chi connectivity index (χ0) is 29.0. The maximum Gasteiger partial charge on any atom is 0.408 e. The third-order valence-corrected chi connectivity index (χ3v) is 6.82. The second kappa shape index (κ2) is 11.3. The average Bonchev–Trinajstić information content (AvgIpc) is 3.42. The van der Waals surface area contributed by atoms with Gasteiger partial charge in [0, 0.05) is 13.1 Å². The lowest BCUT2D eigenvalue weighted by atomic mass is 9.86. The monoisotopic (exact) mass is 558 g/mol. The van der Waals surface area contributed by atoms with E-state index in [0.717, 1.165) is 5.56 Å². The van der Waals surface area contributed by atoms with Gasteiger partial charge in [-0.1, -0.05) is 36.4 Å². The predicted molar refractivity (Wildman–Crippen MR) is 155 cm³/mol. The van der Waals surface area contributed by atoms with E-state index in [4.69, 9.17) is 15.2 Å². The normalized spacial score (nSPS) is 14.9. The van der Waals surface area contributed by atoms with Gasteiger partial charge in [0.1, 0.15) is 41.0 Å². The Hall–Kier alpha value is -4.87. The number of alkyl carbamates (subject to hydrolysis) is 1. The van der Waals surface area contributed by atoms with E-state index in [1.807, 2.05) is 35.2 Å². The number of imidazole rings is 1. The quantitative estimate of drug-likeness (QED) is 0.246. The number of carbonyl (C=O) groups excluding carboxylic acids is 2. The molecule has 0 atom stereocenters. The summed E-state index contributed by atoms with van der Waals surface area (Å²) in [5.74, 6) is 0.665. The van der Waals surface area contributed by atoms with Crippen LogP contribution < -0.4 is 26.0 Å².